The summed E-state index contributed by atoms with van der Waals surface area (Å²) in [6, 6.07) is 4.39. The minimum atomic E-state index is 1.10. The van der Waals surface area contributed by atoms with Gasteiger partial charge in [-0.15, -0.1) is 0 Å². The molecule has 192 valence electrons. The Kier molecular flexibility index (Phi) is 21.2. The highest BCUT2D eigenvalue weighted by atomic mass is 14.1. The zero-order valence-electron chi connectivity index (χ0n) is 24.8. The summed E-state index contributed by atoms with van der Waals surface area (Å²) in [7, 11) is 0. The molecule has 0 aliphatic carbocycles. The normalized spacial score (nSPS) is 13.5. The van der Waals surface area contributed by atoms with E-state index in [9.17, 15) is 0 Å². The highest BCUT2D eigenvalue weighted by Crippen LogP contribution is 2.19. The molecule has 0 bridgehead atoms. The van der Waals surface area contributed by atoms with Crippen molar-refractivity contribution < 1.29 is 0 Å². The summed E-state index contributed by atoms with van der Waals surface area (Å²) in [6.45, 7) is 25.3. The summed E-state index contributed by atoms with van der Waals surface area (Å²) >= 11 is 0. The molecule has 0 spiro atoms. The van der Waals surface area contributed by atoms with Gasteiger partial charge >= 0.3 is 0 Å². The molecule has 0 saturated heterocycles. The first-order chi connectivity index (χ1) is 16.7. The Morgan fingerprint density at radius 1 is 0.600 bits per heavy atom. The van der Waals surface area contributed by atoms with Crippen LogP contribution in [0, 0.1) is 20.8 Å². The van der Waals surface area contributed by atoms with Crippen molar-refractivity contribution in [1.82, 2.24) is 0 Å². The van der Waals surface area contributed by atoms with E-state index in [1.54, 1.807) is 0 Å². The van der Waals surface area contributed by atoms with Crippen LogP contribution in [0.25, 0.3) is 6.08 Å². The second-order valence-electron chi connectivity index (χ2n) is 8.26. The number of hydrogen-bond acceptors (Lipinski definition) is 0. The molecule has 0 N–H and O–H groups in total. The van der Waals surface area contributed by atoms with Crippen LogP contribution < -0.4 is 0 Å². The van der Waals surface area contributed by atoms with Gasteiger partial charge in [0.05, 0.1) is 0 Å². The van der Waals surface area contributed by atoms with Gasteiger partial charge in [0.1, 0.15) is 0 Å². The van der Waals surface area contributed by atoms with E-state index in [0.717, 1.165) is 6.42 Å². The number of benzene rings is 1. The Bertz CT molecular complexity index is 964. The maximum Gasteiger partial charge on any atom is -0.0224 e. The Labute approximate surface area is 219 Å². The highest BCUT2D eigenvalue weighted by Gasteiger charge is 2.00. The number of hydrogen-bond donors (Lipinski definition) is 0. The Morgan fingerprint density at radius 2 is 1.06 bits per heavy atom. The van der Waals surface area contributed by atoms with Gasteiger partial charge in [0, 0.05) is 0 Å². The topological polar surface area (TPSA) is 0 Å². The average molecular weight is 473 g/mol. The Hall–Kier alpha value is -2.86. The van der Waals surface area contributed by atoms with Crippen molar-refractivity contribution in [1.29, 1.82) is 0 Å². The Balaban J connectivity index is 0. The largest absolute Gasteiger partial charge is 0.0736 e. The van der Waals surface area contributed by atoms with Crippen molar-refractivity contribution in [3.63, 3.8) is 0 Å². The monoisotopic (exact) mass is 472 g/mol. The standard InChI is InChI=1S/C31H40.2C2H6/c1-9-24(2)16-12-17-25(3)14-10-11-15-26(4)18-13-19-27(5)20-22-31-23-21-28(6)29(7)30(31)8;2*1-2/h10-23H,9H2,1-8H3;2*1-2H3/b11-10+,17-12+,18-13+,22-20+,24-16+,25-14+,26-15+,27-19+;;. The minimum absolute atomic E-state index is 1.10. The number of rotatable bonds is 9. The zero-order valence-corrected chi connectivity index (χ0v) is 24.8. The van der Waals surface area contributed by atoms with Gasteiger partial charge in [-0.1, -0.05) is 142 Å². The maximum absolute atomic E-state index is 2.20. The van der Waals surface area contributed by atoms with Crippen LogP contribution in [-0.2, 0) is 0 Å². The second-order valence-corrected chi connectivity index (χ2v) is 8.26. The number of allylic oxidation sites excluding steroid dienone is 15. The molecule has 1 aromatic carbocycles. The lowest BCUT2D eigenvalue weighted by molar-refractivity contribution is 1.10. The lowest BCUT2D eigenvalue weighted by atomic mass is 9.98. The van der Waals surface area contributed by atoms with Crippen molar-refractivity contribution >= 4 is 6.08 Å². The quantitative estimate of drug-likeness (QED) is 0.313. The fourth-order valence-corrected chi connectivity index (χ4v) is 2.79. The summed E-state index contributed by atoms with van der Waals surface area (Å²) in [4.78, 5) is 0. The van der Waals surface area contributed by atoms with Crippen molar-refractivity contribution in [2.24, 2.45) is 0 Å². The van der Waals surface area contributed by atoms with Crippen LogP contribution in [0.5, 0.6) is 0 Å². The first-order valence-corrected chi connectivity index (χ1v) is 13.2. The molecule has 0 aliphatic heterocycles. The molecule has 0 nitrogen and oxygen atoms in total. The summed E-state index contributed by atoms with van der Waals surface area (Å²) in [5.74, 6) is 0. The third kappa shape index (κ3) is 16.4. The molecular formula is C35H52. The van der Waals surface area contributed by atoms with Gasteiger partial charge in [-0.05, 0) is 77.1 Å². The molecule has 0 aromatic heterocycles. The van der Waals surface area contributed by atoms with Crippen LogP contribution in [0.3, 0.4) is 0 Å². The summed E-state index contributed by atoms with van der Waals surface area (Å²) < 4.78 is 0. The van der Waals surface area contributed by atoms with Crippen LogP contribution in [-0.4, -0.2) is 0 Å². The zero-order chi connectivity index (χ0) is 27.2. The predicted octanol–water partition coefficient (Wildman–Crippen LogP) is 11.5. The molecule has 35 heavy (non-hydrogen) atoms. The minimum Gasteiger partial charge on any atom is -0.0736 e. The van der Waals surface area contributed by atoms with Crippen molar-refractivity contribution in [3.8, 4) is 0 Å². The molecule has 0 unspecified atom stereocenters. The predicted molar refractivity (Wildman–Crippen MR) is 165 cm³/mol. The van der Waals surface area contributed by atoms with E-state index < -0.39 is 0 Å². The van der Waals surface area contributed by atoms with E-state index in [1.807, 2.05) is 27.7 Å². The molecule has 0 heterocycles. The molecule has 1 aromatic rings. The van der Waals surface area contributed by atoms with Gasteiger partial charge in [0.15, 0.2) is 0 Å². The van der Waals surface area contributed by atoms with E-state index in [4.69, 9.17) is 0 Å². The fraction of sp³-hybridized carbons (Fsp3) is 0.371. The van der Waals surface area contributed by atoms with E-state index >= 15 is 0 Å². The van der Waals surface area contributed by atoms with Crippen LogP contribution in [0.15, 0.2) is 101 Å². The van der Waals surface area contributed by atoms with Crippen LogP contribution in [0.1, 0.15) is 91.0 Å². The van der Waals surface area contributed by atoms with Gasteiger partial charge in [-0.2, -0.15) is 0 Å². The molecule has 1 rings (SSSR count). The third-order valence-electron chi connectivity index (χ3n) is 5.47. The first-order valence-electron chi connectivity index (χ1n) is 13.2. The van der Waals surface area contributed by atoms with Crippen molar-refractivity contribution in [3.05, 3.63) is 124 Å². The number of aryl methyl sites for hydroxylation is 1. The van der Waals surface area contributed by atoms with Crippen LogP contribution in [0.4, 0.5) is 0 Å². The van der Waals surface area contributed by atoms with E-state index in [2.05, 4.69) is 140 Å². The smallest absolute Gasteiger partial charge is 0.0224 e. The molecule has 0 radical (unpaired) electrons. The van der Waals surface area contributed by atoms with Gasteiger partial charge in [-0.25, -0.2) is 0 Å². The highest BCUT2D eigenvalue weighted by molar-refractivity contribution is 5.59. The molecule has 0 fully saturated rings. The molecule has 0 heteroatoms. The summed E-state index contributed by atoms with van der Waals surface area (Å²) in [6.07, 6.45) is 26.7. The van der Waals surface area contributed by atoms with E-state index in [0.29, 0.717) is 0 Å². The summed E-state index contributed by atoms with van der Waals surface area (Å²) in [5, 5.41) is 0. The summed E-state index contributed by atoms with van der Waals surface area (Å²) in [5.41, 5.74) is 10.5. The molecule has 0 atom stereocenters. The SMILES string of the molecule is CC.CC.CC/C(C)=C/C=C/C(C)=C/C=C/C=C(C)/C=C/C=C(C)/C=C/c1ccc(C)c(C)c1C. The lowest BCUT2D eigenvalue weighted by Crippen LogP contribution is -1.89. The molecule has 0 aliphatic rings. The van der Waals surface area contributed by atoms with Gasteiger partial charge in [-0.3, -0.25) is 0 Å². The van der Waals surface area contributed by atoms with Crippen molar-refractivity contribution in [2.45, 2.75) is 89.5 Å². The molecule has 0 saturated carbocycles. The average Bonchev–Trinajstić information content (AvgIpc) is 2.87. The maximum atomic E-state index is 2.20. The van der Waals surface area contributed by atoms with E-state index in [-0.39, 0.29) is 0 Å². The van der Waals surface area contributed by atoms with Gasteiger partial charge in [0.2, 0.25) is 0 Å². The Morgan fingerprint density at radius 3 is 1.57 bits per heavy atom. The van der Waals surface area contributed by atoms with Gasteiger partial charge in [0.25, 0.3) is 0 Å². The van der Waals surface area contributed by atoms with Gasteiger partial charge < -0.3 is 0 Å². The van der Waals surface area contributed by atoms with E-state index in [1.165, 1.54) is 44.5 Å². The van der Waals surface area contributed by atoms with Crippen LogP contribution >= 0.6 is 0 Å². The first kappa shape index (κ1) is 34.3. The molecule has 0 amide bonds. The molecular weight excluding hydrogens is 420 g/mol. The van der Waals surface area contributed by atoms with Crippen molar-refractivity contribution in [2.75, 3.05) is 0 Å². The third-order valence-corrected chi connectivity index (χ3v) is 5.47. The fourth-order valence-electron chi connectivity index (χ4n) is 2.79. The lowest BCUT2D eigenvalue weighted by Gasteiger charge is -2.07. The second kappa shape index (κ2) is 21.7. The van der Waals surface area contributed by atoms with Crippen LogP contribution in [0.2, 0.25) is 0 Å².